The lowest BCUT2D eigenvalue weighted by Gasteiger charge is -1.86. The van der Waals surface area contributed by atoms with E-state index in [9.17, 15) is 0 Å². The molecule has 0 spiro atoms. The minimum Gasteiger partial charge on any atom is -0.405 e. The largest absolute Gasteiger partial charge is 0.405 e. The molecular weight excluding hydrogens is 170 g/mol. The highest BCUT2D eigenvalue weighted by molar-refractivity contribution is 5.17. The minimum atomic E-state index is 1.02. The first-order valence-electron chi connectivity index (χ1n) is 5.02. The fourth-order valence-corrected chi connectivity index (χ4v) is 0.322. The molecule has 0 heterocycles. The molecular formula is C13H25N. The molecule has 0 aliphatic carbocycles. The van der Waals surface area contributed by atoms with E-state index in [0.29, 0.717) is 0 Å². The lowest BCUT2D eigenvalue weighted by Crippen LogP contribution is -1.70. The summed E-state index contributed by atoms with van der Waals surface area (Å²) in [4.78, 5) is 0. The Morgan fingerprint density at radius 1 is 1.36 bits per heavy atom. The Hall–Kier alpha value is -1.24. The Labute approximate surface area is 89.7 Å². The molecule has 1 heteroatoms. The molecule has 0 aromatic heterocycles. The Morgan fingerprint density at radius 3 is 2.00 bits per heavy atom. The molecule has 0 unspecified atom stereocenters. The molecule has 2 N–H and O–H groups in total. The number of rotatable bonds is 3. The van der Waals surface area contributed by atoms with E-state index < -0.39 is 0 Å². The third-order valence-corrected chi connectivity index (χ3v) is 1.11. The van der Waals surface area contributed by atoms with Crippen LogP contribution in [0.1, 0.15) is 34.1 Å². The molecule has 0 saturated carbocycles. The zero-order chi connectivity index (χ0) is 11.8. The van der Waals surface area contributed by atoms with Gasteiger partial charge in [0.05, 0.1) is 0 Å². The van der Waals surface area contributed by atoms with Crippen LogP contribution in [0.15, 0.2) is 49.2 Å². The second-order valence-corrected chi connectivity index (χ2v) is 2.13. The summed E-state index contributed by atoms with van der Waals surface area (Å²) in [7, 11) is 0. The van der Waals surface area contributed by atoms with E-state index in [1.165, 1.54) is 6.20 Å². The van der Waals surface area contributed by atoms with Crippen LogP contribution in [0.2, 0.25) is 0 Å². The Morgan fingerprint density at radius 2 is 1.79 bits per heavy atom. The highest BCUT2D eigenvalue weighted by atomic mass is 14.5. The smallest absolute Gasteiger partial charge is 0.0106 e. The topological polar surface area (TPSA) is 26.0 Å². The molecule has 0 rings (SSSR count). The molecule has 0 aromatic carbocycles. The quantitative estimate of drug-likeness (QED) is 0.671. The number of nitrogens with two attached hydrogens (primary N) is 1. The second kappa shape index (κ2) is 22.6. The van der Waals surface area contributed by atoms with Gasteiger partial charge in [-0.3, -0.25) is 0 Å². The van der Waals surface area contributed by atoms with E-state index in [1.54, 1.807) is 12.2 Å². The number of hydrogen-bond donors (Lipinski definition) is 1. The Balaban J connectivity index is -0.000000170. The van der Waals surface area contributed by atoms with Gasteiger partial charge in [-0.15, -0.1) is 0 Å². The van der Waals surface area contributed by atoms with E-state index in [-0.39, 0.29) is 0 Å². The van der Waals surface area contributed by atoms with Crippen LogP contribution in [-0.2, 0) is 0 Å². The number of hydrogen-bond acceptors (Lipinski definition) is 1. The zero-order valence-electron chi connectivity index (χ0n) is 10.1. The predicted octanol–water partition coefficient (Wildman–Crippen LogP) is 4.20. The van der Waals surface area contributed by atoms with Crippen molar-refractivity contribution in [2.45, 2.75) is 34.1 Å². The maximum atomic E-state index is 4.85. The van der Waals surface area contributed by atoms with Crippen molar-refractivity contribution in [1.82, 2.24) is 0 Å². The molecule has 14 heavy (non-hydrogen) atoms. The average molecular weight is 195 g/mol. The third-order valence-electron chi connectivity index (χ3n) is 1.11. The molecule has 82 valence electrons. The summed E-state index contributed by atoms with van der Waals surface area (Å²) in [5, 5.41) is 0. The Kier molecular flexibility index (Phi) is 29.9. The molecule has 0 saturated heterocycles. The van der Waals surface area contributed by atoms with Gasteiger partial charge in [-0.1, -0.05) is 63.8 Å². The van der Waals surface area contributed by atoms with Gasteiger partial charge in [0.2, 0.25) is 0 Å². The third kappa shape index (κ3) is 30.9. The van der Waals surface area contributed by atoms with Crippen molar-refractivity contribution in [1.29, 1.82) is 0 Å². The van der Waals surface area contributed by atoms with E-state index in [2.05, 4.69) is 20.1 Å². The van der Waals surface area contributed by atoms with Crippen molar-refractivity contribution in [3.8, 4) is 0 Å². The van der Waals surface area contributed by atoms with Crippen LogP contribution in [0.5, 0.6) is 0 Å². The lowest BCUT2D eigenvalue weighted by atomic mass is 10.2. The first-order chi connectivity index (χ1) is 6.72. The van der Waals surface area contributed by atoms with Crippen molar-refractivity contribution in [3.63, 3.8) is 0 Å². The van der Waals surface area contributed by atoms with Gasteiger partial charge in [-0.2, -0.15) is 0 Å². The molecule has 1 nitrogen and oxygen atoms in total. The van der Waals surface area contributed by atoms with Crippen molar-refractivity contribution >= 4 is 0 Å². The average Bonchev–Trinajstić information content (AvgIpc) is 2.28. The Bertz CT molecular complexity index is 160. The molecule has 0 fully saturated rings. The van der Waals surface area contributed by atoms with Gasteiger partial charge < -0.3 is 5.73 Å². The molecule has 0 aliphatic rings. The molecule has 0 bridgehead atoms. The SMILES string of the molecule is C/C=C\N.C=C/C=C\C(=C)CC.CC. The van der Waals surface area contributed by atoms with Gasteiger partial charge >= 0.3 is 0 Å². The first-order valence-corrected chi connectivity index (χ1v) is 5.02. The first kappa shape index (κ1) is 18.5. The maximum absolute atomic E-state index is 4.85. The lowest BCUT2D eigenvalue weighted by molar-refractivity contribution is 1.16. The monoisotopic (exact) mass is 195 g/mol. The van der Waals surface area contributed by atoms with Crippen LogP contribution in [0.4, 0.5) is 0 Å². The van der Waals surface area contributed by atoms with Crippen LogP contribution >= 0.6 is 0 Å². The summed E-state index contributed by atoms with van der Waals surface area (Å²) in [5.41, 5.74) is 5.99. The second-order valence-electron chi connectivity index (χ2n) is 2.13. The summed E-state index contributed by atoms with van der Waals surface area (Å²) in [6.45, 7) is 15.3. The van der Waals surface area contributed by atoms with Crippen molar-refractivity contribution in [2.24, 2.45) is 5.73 Å². The molecule has 0 amide bonds. The maximum Gasteiger partial charge on any atom is -0.0106 e. The summed E-state index contributed by atoms with van der Waals surface area (Å²) < 4.78 is 0. The van der Waals surface area contributed by atoms with Gasteiger partial charge in [0.1, 0.15) is 0 Å². The van der Waals surface area contributed by atoms with Crippen LogP contribution < -0.4 is 5.73 Å². The minimum absolute atomic E-state index is 1.02. The zero-order valence-corrected chi connectivity index (χ0v) is 10.1. The van der Waals surface area contributed by atoms with Crippen LogP contribution in [0, 0.1) is 0 Å². The van der Waals surface area contributed by atoms with Gasteiger partial charge in [0, 0.05) is 0 Å². The predicted molar refractivity (Wildman–Crippen MR) is 69.1 cm³/mol. The molecule has 0 aliphatic heterocycles. The van der Waals surface area contributed by atoms with Crippen molar-refractivity contribution < 1.29 is 0 Å². The molecule has 0 atom stereocenters. The van der Waals surface area contributed by atoms with E-state index in [0.717, 1.165) is 12.0 Å². The normalized spacial score (nSPS) is 8.57. The fraction of sp³-hybridized carbons (Fsp3) is 0.385. The van der Waals surface area contributed by atoms with Crippen LogP contribution in [-0.4, -0.2) is 0 Å². The number of allylic oxidation sites excluding steroid dienone is 5. The van der Waals surface area contributed by atoms with E-state index in [1.807, 2.05) is 32.9 Å². The summed E-state index contributed by atoms with van der Waals surface area (Å²) in [6, 6.07) is 0. The van der Waals surface area contributed by atoms with Gasteiger partial charge in [0.15, 0.2) is 0 Å². The summed E-state index contributed by atoms with van der Waals surface area (Å²) in [6.07, 6.45) is 9.91. The highest BCUT2D eigenvalue weighted by Gasteiger charge is 1.75. The molecule has 0 aromatic rings. The van der Waals surface area contributed by atoms with Gasteiger partial charge in [-0.25, -0.2) is 0 Å². The van der Waals surface area contributed by atoms with Crippen molar-refractivity contribution in [2.75, 3.05) is 0 Å². The summed E-state index contributed by atoms with van der Waals surface area (Å²) >= 11 is 0. The van der Waals surface area contributed by atoms with Gasteiger partial charge in [0.25, 0.3) is 0 Å². The molecule has 0 radical (unpaired) electrons. The highest BCUT2D eigenvalue weighted by Crippen LogP contribution is 1.96. The van der Waals surface area contributed by atoms with Crippen LogP contribution in [0.3, 0.4) is 0 Å². The van der Waals surface area contributed by atoms with Crippen LogP contribution in [0.25, 0.3) is 0 Å². The van der Waals surface area contributed by atoms with E-state index in [4.69, 9.17) is 5.73 Å². The van der Waals surface area contributed by atoms with E-state index >= 15 is 0 Å². The standard InChI is InChI=1S/C8H12.C3H7N.C2H6/c1-4-6-7-8(3)5-2;1-2-3-4;1-2/h4,6-7H,1,3,5H2,2H3;2-3H,4H2,1H3;1-2H3/b7-6-;3-2-;. The fourth-order valence-electron chi connectivity index (χ4n) is 0.322. The van der Waals surface area contributed by atoms with Crippen molar-refractivity contribution in [3.05, 3.63) is 49.2 Å². The summed E-state index contributed by atoms with van der Waals surface area (Å²) in [5.74, 6) is 0. The van der Waals surface area contributed by atoms with Gasteiger partial charge in [-0.05, 0) is 19.5 Å².